The summed E-state index contributed by atoms with van der Waals surface area (Å²) in [6, 6.07) is 7.64. The van der Waals surface area contributed by atoms with Gasteiger partial charge in [-0.05, 0) is 18.6 Å². The van der Waals surface area contributed by atoms with E-state index >= 15 is 0 Å². The molecule has 16 heavy (non-hydrogen) atoms. The Labute approximate surface area is 94.7 Å². The van der Waals surface area contributed by atoms with Gasteiger partial charge < -0.3 is 10.0 Å². The Kier molecular flexibility index (Phi) is 2.82. The normalized spacial score (nSPS) is 17.6. The zero-order valence-electron chi connectivity index (χ0n) is 9.10. The molecule has 82 valence electrons. The molecule has 3 nitrogen and oxygen atoms in total. The molecule has 0 aliphatic carbocycles. The van der Waals surface area contributed by atoms with Crippen molar-refractivity contribution in [3.8, 4) is 11.8 Å². The highest BCUT2D eigenvalue weighted by Crippen LogP contribution is 2.35. The fourth-order valence-corrected chi connectivity index (χ4v) is 2.02. The molecule has 1 aromatic carbocycles. The van der Waals surface area contributed by atoms with Crippen LogP contribution in [0, 0.1) is 11.8 Å². The van der Waals surface area contributed by atoms with Gasteiger partial charge in [-0.1, -0.05) is 24.1 Å². The van der Waals surface area contributed by atoms with Gasteiger partial charge in [0, 0.05) is 12.2 Å². The summed E-state index contributed by atoms with van der Waals surface area (Å²) in [5.74, 6) is 4.62. The number of hydrogen-bond acceptors (Lipinski definition) is 2. The number of rotatable bonds is 2. The molecule has 1 aliphatic heterocycles. The predicted octanol–water partition coefficient (Wildman–Crippen LogP) is 1.70. The van der Waals surface area contributed by atoms with Crippen molar-refractivity contribution in [3.63, 3.8) is 0 Å². The number of carboxylic acid groups (broad SMARTS) is 1. The molecule has 0 spiro atoms. The molecule has 0 saturated heterocycles. The number of para-hydroxylation sites is 1. The maximum absolute atomic E-state index is 11.1. The molecule has 0 amide bonds. The number of nitrogens with zero attached hydrogens (tertiary/aromatic N) is 1. The minimum atomic E-state index is -0.764. The van der Waals surface area contributed by atoms with E-state index in [1.165, 1.54) is 0 Å². The summed E-state index contributed by atoms with van der Waals surface area (Å²) in [5.41, 5.74) is 1.89. The lowest BCUT2D eigenvalue weighted by molar-refractivity contribution is -0.138. The number of aliphatic carboxylic acids is 1. The Morgan fingerprint density at radius 2 is 2.31 bits per heavy atom. The van der Waals surface area contributed by atoms with Crippen LogP contribution in [0.1, 0.15) is 18.4 Å². The summed E-state index contributed by atoms with van der Waals surface area (Å²) in [4.78, 5) is 13.1. The SMILES string of the molecule is CC#CCN1CC(C(=O)O)c2ccccc21. The zero-order chi connectivity index (χ0) is 11.5. The summed E-state index contributed by atoms with van der Waals surface area (Å²) in [6.45, 7) is 2.90. The summed E-state index contributed by atoms with van der Waals surface area (Å²) in [6.07, 6.45) is 0. The highest BCUT2D eigenvalue weighted by atomic mass is 16.4. The number of carboxylic acids is 1. The van der Waals surface area contributed by atoms with Gasteiger partial charge in [-0.2, -0.15) is 0 Å². The second-order valence-corrected chi connectivity index (χ2v) is 3.76. The van der Waals surface area contributed by atoms with E-state index in [4.69, 9.17) is 5.11 Å². The molecule has 0 saturated carbocycles. The predicted molar refractivity (Wildman–Crippen MR) is 62.5 cm³/mol. The van der Waals surface area contributed by atoms with E-state index in [0.717, 1.165) is 11.3 Å². The lowest BCUT2D eigenvalue weighted by atomic mass is 10.0. The van der Waals surface area contributed by atoms with E-state index in [-0.39, 0.29) is 0 Å². The molecule has 1 aromatic rings. The number of anilines is 1. The standard InChI is InChI=1S/C13H13NO2/c1-2-3-8-14-9-11(13(15)16)10-6-4-5-7-12(10)14/h4-7,11H,8-9H2,1H3,(H,15,16). The van der Waals surface area contributed by atoms with Gasteiger partial charge in [0.2, 0.25) is 0 Å². The van der Waals surface area contributed by atoms with Crippen LogP contribution >= 0.6 is 0 Å². The van der Waals surface area contributed by atoms with Crippen molar-refractivity contribution in [2.24, 2.45) is 0 Å². The van der Waals surface area contributed by atoms with Crippen LogP contribution in [-0.2, 0) is 4.79 Å². The minimum Gasteiger partial charge on any atom is -0.481 e. The van der Waals surface area contributed by atoms with E-state index in [0.29, 0.717) is 13.1 Å². The zero-order valence-corrected chi connectivity index (χ0v) is 9.10. The molecule has 3 heteroatoms. The molecule has 0 bridgehead atoms. The molecule has 2 rings (SSSR count). The number of benzene rings is 1. The third-order valence-electron chi connectivity index (χ3n) is 2.80. The largest absolute Gasteiger partial charge is 0.481 e. The maximum atomic E-state index is 11.1. The third kappa shape index (κ3) is 1.74. The van der Waals surface area contributed by atoms with Crippen LogP contribution in [-0.4, -0.2) is 24.2 Å². The van der Waals surface area contributed by atoms with E-state index in [1.807, 2.05) is 29.2 Å². The highest BCUT2D eigenvalue weighted by molar-refractivity contribution is 5.83. The van der Waals surface area contributed by atoms with Crippen LogP contribution in [0.15, 0.2) is 24.3 Å². The number of carbonyl (C=O) groups is 1. The molecule has 1 N–H and O–H groups in total. The van der Waals surface area contributed by atoms with Gasteiger partial charge in [0.1, 0.15) is 5.92 Å². The van der Waals surface area contributed by atoms with E-state index < -0.39 is 11.9 Å². The first kappa shape index (κ1) is 10.6. The van der Waals surface area contributed by atoms with Gasteiger partial charge >= 0.3 is 5.97 Å². The van der Waals surface area contributed by atoms with Crippen molar-refractivity contribution < 1.29 is 9.90 Å². The van der Waals surface area contributed by atoms with Crippen LogP contribution in [0.4, 0.5) is 5.69 Å². The first-order valence-corrected chi connectivity index (χ1v) is 5.20. The van der Waals surface area contributed by atoms with E-state index in [1.54, 1.807) is 6.92 Å². The Hall–Kier alpha value is -1.95. The van der Waals surface area contributed by atoms with Crippen molar-refractivity contribution in [2.75, 3.05) is 18.0 Å². The second kappa shape index (κ2) is 4.28. The third-order valence-corrected chi connectivity index (χ3v) is 2.80. The van der Waals surface area contributed by atoms with Crippen LogP contribution in [0.3, 0.4) is 0 Å². The summed E-state index contributed by atoms with van der Waals surface area (Å²) < 4.78 is 0. The fraction of sp³-hybridized carbons (Fsp3) is 0.308. The van der Waals surface area contributed by atoms with Gasteiger partial charge in [-0.15, -0.1) is 5.92 Å². The average molecular weight is 215 g/mol. The Bertz CT molecular complexity index is 470. The lowest BCUT2D eigenvalue weighted by Crippen LogP contribution is -2.24. The lowest BCUT2D eigenvalue weighted by Gasteiger charge is -2.15. The van der Waals surface area contributed by atoms with Crippen LogP contribution in [0.2, 0.25) is 0 Å². The Balaban J connectivity index is 2.33. The smallest absolute Gasteiger partial charge is 0.312 e. The van der Waals surface area contributed by atoms with Crippen molar-refractivity contribution in [1.29, 1.82) is 0 Å². The van der Waals surface area contributed by atoms with Crippen LogP contribution in [0.5, 0.6) is 0 Å². The molecule has 0 fully saturated rings. The van der Waals surface area contributed by atoms with Crippen molar-refractivity contribution in [1.82, 2.24) is 0 Å². The first-order chi connectivity index (χ1) is 7.74. The maximum Gasteiger partial charge on any atom is 0.312 e. The minimum absolute atomic E-state index is 0.421. The molecule has 1 unspecified atom stereocenters. The average Bonchev–Trinajstić information content (AvgIpc) is 2.65. The molecule has 1 heterocycles. The monoisotopic (exact) mass is 215 g/mol. The molecule has 0 aromatic heterocycles. The van der Waals surface area contributed by atoms with Gasteiger partial charge in [-0.3, -0.25) is 4.79 Å². The van der Waals surface area contributed by atoms with E-state index in [2.05, 4.69) is 11.8 Å². The van der Waals surface area contributed by atoms with Crippen LogP contribution in [0.25, 0.3) is 0 Å². The van der Waals surface area contributed by atoms with Crippen molar-refractivity contribution in [3.05, 3.63) is 29.8 Å². The Morgan fingerprint density at radius 3 is 3.00 bits per heavy atom. The van der Waals surface area contributed by atoms with Crippen molar-refractivity contribution in [2.45, 2.75) is 12.8 Å². The summed E-state index contributed by atoms with van der Waals surface area (Å²) in [5, 5.41) is 9.14. The number of hydrogen-bond donors (Lipinski definition) is 1. The molecular formula is C13H13NO2. The van der Waals surface area contributed by atoms with Crippen LogP contribution < -0.4 is 4.90 Å². The molecule has 0 radical (unpaired) electrons. The topological polar surface area (TPSA) is 40.5 Å². The molecule has 1 aliphatic rings. The first-order valence-electron chi connectivity index (χ1n) is 5.20. The van der Waals surface area contributed by atoms with E-state index in [9.17, 15) is 4.79 Å². The summed E-state index contributed by atoms with van der Waals surface area (Å²) in [7, 11) is 0. The second-order valence-electron chi connectivity index (χ2n) is 3.76. The van der Waals surface area contributed by atoms with Gasteiger partial charge in [0.15, 0.2) is 0 Å². The highest BCUT2D eigenvalue weighted by Gasteiger charge is 2.32. The van der Waals surface area contributed by atoms with Gasteiger partial charge in [-0.25, -0.2) is 0 Å². The number of fused-ring (bicyclic) bond motifs is 1. The molecular weight excluding hydrogens is 202 g/mol. The molecule has 1 atom stereocenters. The Morgan fingerprint density at radius 1 is 1.56 bits per heavy atom. The van der Waals surface area contributed by atoms with Gasteiger partial charge in [0.05, 0.1) is 6.54 Å². The van der Waals surface area contributed by atoms with Crippen molar-refractivity contribution >= 4 is 11.7 Å². The quantitative estimate of drug-likeness (QED) is 0.763. The summed E-state index contributed by atoms with van der Waals surface area (Å²) >= 11 is 0. The van der Waals surface area contributed by atoms with Gasteiger partial charge in [0.25, 0.3) is 0 Å². The fourth-order valence-electron chi connectivity index (χ4n) is 2.02.